The van der Waals surface area contributed by atoms with E-state index in [4.69, 9.17) is 9.47 Å². The van der Waals surface area contributed by atoms with Crippen molar-refractivity contribution in [2.75, 3.05) is 20.3 Å². The molecule has 0 amide bonds. The van der Waals surface area contributed by atoms with E-state index in [-0.39, 0.29) is 0 Å². The predicted molar refractivity (Wildman–Crippen MR) is 82.7 cm³/mol. The Balaban J connectivity index is 2.54. The molecular weight excluding hydrogens is 306 g/mol. The Labute approximate surface area is 124 Å². The number of hydrogen-bond acceptors (Lipinski definition) is 3. The van der Waals surface area contributed by atoms with Crippen LogP contribution in [-0.2, 0) is 11.3 Å². The van der Waals surface area contributed by atoms with E-state index in [1.807, 2.05) is 6.07 Å². The van der Waals surface area contributed by atoms with Crippen LogP contribution in [0.15, 0.2) is 22.7 Å². The molecule has 0 aromatic heterocycles. The molecule has 1 aromatic rings. The lowest BCUT2D eigenvalue weighted by Crippen LogP contribution is -2.18. The summed E-state index contributed by atoms with van der Waals surface area (Å²) in [6, 6.07) is 6.25. The van der Waals surface area contributed by atoms with Gasteiger partial charge in [0, 0.05) is 20.2 Å². The molecule has 3 nitrogen and oxygen atoms in total. The molecule has 0 aliphatic carbocycles. The number of benzene rings is 1. The summed E-state index contributed by atoms with van der Waals surface area (Å²) in [5.41, 5.74) is 1.24. The average molecular weight is 330 g/mol. The van der Waals surface area contributed by atoms with Gasteiger partial charge >= 0.3 is 0 Å². The molecule has 0 aliphatic heterocycles. The topological polar surface area (TPSA) is 30.5 Å². The highest BCUT2D eigenvalue weighted by atomic mass is 79.9. The molecule has 0 heterocycles. The van der Waals surface area contributed by atoms with Gasteiger partial charge in [-0.05, 0) is 46.5 Å². The summed E-state index contributed by atoms with van der Waals surface area (Å²) in [6.07, 6.45) is 2.36. The number of methoxy groups -OCH3 is 1. The maximum absolute atomic E-state index is 5.95. The van der Waals surface area contributed by atoms with Gasteiger partial charge in [0.2, 0.25) is 0 Å². The quantitative estimate of drug-likeness (QED) is 0.700. The molecule has 0 fully saturated rings. The third-order valence-corrected chi connectivity index (χ3v) is 3.63. The largest absolute Gasteiger partial charge is 0.489 e. The van der Waals surface area contributed by atoms with Crippen LogP contribution in [0.5, 0.6) is 5.75 Å². The molecule has 1 rings (SSSR count). The van der Waals surface area contributed by atoms with Crippen LogP contribution in [0.25, 0.3) is 0 Å². The Kier molecular flexibility index (Phi) is 8.10. The maximum Gasteiger partial charge on any atom is 0.133 e. The summed E-state index contributed by atoms with van der Waals surface area (Å²) in [7, 11) is 1.71. The van der Waals surface area contributed by atoms with Gasteiger partial charge in [0.1, 0.15) is 5.75 Å². The van der Waals surface area contributed by atoms with E-state index in [1.165, 1.54) is 5.56 Å². The molecule has 0 aliphatic rings. The Morgan fingerprint density at radius 3 is 2.58 bits per heavy atom. The normalized spacial score (nSPS) is 11.0. The van der Waals surface area contributed by atoms with Gasteiger partial charge in [0.15, 0.2) is 0 Å². The first-order chi connectivity index (χ1) is 9.21. The Bertz CT molecular complexity index is 367. The van der Waals surface area contributed by atoms with Crippen LogP contribution in [0, 0.1) is 0 Å². The molecule has 1 aromatic carbocycles. The Morgan fingerprint density at radius 1 is 1.26 bits per heavy atom. The molecule has 4 heteroatoms. The summed E-state index contributed by atoms with van der Waals surface area (Å²) < 4.78 is 12.0. The highest BCUT2D eigenvalue weighted by Gasteiger charge is 2.08. The highest BCUT2D eigenvalue weighted by Crippen LogP contribution is 2.27. The number of ether oxygens (including phenoxy) is 2. The van der Waals surface area contributed by atoms with Gasteiger partial charge in [-0.1, -0.05) is 19.9 Å². The van der Waals surface area contributed by atoms with Crippen LogP contribution >= 0.6 is 15.9 Å². The minimum atomic E-state index is 0.293. The van der Waals surface area contributed by atoms with Gasteiger partial charge in [0.05, 0.1) is 17.2 Å². The SMILES string of the molecule is CCC(CC)Oc1ccc(CNCCOC)cc1Br. The number of hydrogen-bond donors (Lipinski definition) is 1. The minimum Gasteiger partial charge on any atom is -0.489 e. The first-order valence-corrected chi connectivity index (χ1v) is 7.65. The molecule has 0 saturated carbocycles. The number of halogens is 1. The summed E-state index contributed by atoms with van der Waals surface area (Å²) in [5.74, 6) is 0.925. The second-order valence-corrected chi connectivity index (χ2v) is 5.35. The smallest absolute Gasteiger partial charge is 0.133 e. The molecule has 0 unspecified atom stereocenters. The van der Waals surface area contributed by atoms with E-state index in [1.54, 1.807) is 7.11 Å². The second kappa shape index (κ2) is 9.34. The van der Waals surface area contributed by atoms with Crippen LogP contribution < -0.4 is 10.1 Å². The lowest BCUT2D eigenvalue weighted by Gasteiger charge is -2.17. The van der Waals surface area contributed by atoms with Crippen molar-refractivity contribution in [2.45, 2.75) is 39.3 Å². The Morgan fingerprint density at radius 2 is 2.00 bits per heavy atom. The molecule has 0 atom stereocenters. The summed E-state index contributed by atoms with van der Waals surface area (Å²) in [6.45, 7) is 6.73. The zero-order valence-electron chi connectivity index (χ0n) is 12.0. The average Bonchev–Trinajstić information content (AvgIpc) is 2.43. The van der Waals surface area contributed by atoms with E-state index < -0.39 is 0 Å². The van der Waals surface area contributed by atoms with Crippen LogP contribution in [-0.4, -0.2) is 26.4 Å². The van der Waals surface area contributed by atoms with E-state index in [9.17, 15) is 0 Å². The standard InChI is InChI=1S/C15H24BrNO2/c1-4-13(5-2)19-15-7-6-12(10-14(15)16)11-17-8-9-18-3/h6-7,10,13,17H,4-5,8-9,11H2,1-3H3. The summed E-state index contributed by atoms with van der Waals surface area (Å²) in [5, 5.41) is 3.33. The van der Waals surface area contributed by atoms with Crippen molar-refractivity contribution < 1.29 is 9.47 Å². The maximum atomic E-state index is 5.95. The first kappa shape index (κ1) is 16.5. The van der Waals surface area contributed by atoms with Crippen molar-refractivity contribution in [1.82, 2.24) is 5.32 Å². The van der Waals surface area contributed by atoms with Crippen molar-refractivity contribution >= 4 is 15.9 Å². The van der Waals surface area contributed by atoms with Crippen molar-refractivity contribution in [1.29, 1.82) is 0 Å². The van der Waals surface area contributed by atoms with Crippen molar-refractivity contribution in [3.8, 4) is 5.75 Å². The molecule has 0 saturated heterocycles. The molecule has 1 N–H and O–H groups in total. The molecule has 0 bridgehead atoms. The monoisotopic (exact) mass is 329 g/mol. The van der Waals surface area contributed by atoms with Crippen molar-refractivity contribution in [3.05, 3.63) is 28.2 Å². The van der Waals surface area contributed by atoms with Crippen LogP contribution in [0.3, 0.4) is 0 Å². The van der Waals surface area contributed by atoms with Crippen LogP contribution in [0.4, 0.5) is 0 Å². The van der Waals surface area contributed by atoms with E-state index in [0.717, 1.165) is 42.8 Å². The molecule has 19 heavy (non-hydrogen) atoms. The zero-order valence-corrected chi connectivity index (χ0v) is 13.6. The third kappa shape index (κ3) is 5.93. The van der Waals surface area contributed by atoms with E-state index >= 15 is 0 Å². The number of rotatable bonds is 9. The third-order valence-electron chi connectivity index (χ3n) is 3.01. The van der Waals surface area contributed by atoms with Crippen molar-refractivity contribution in [3.63, 3.8) is 0 Å². The number of nitrogens with one attached hydrogen (secondary N) is 1. The lowest BCUT2D eigenvalue weighted by atomic mass is 10.2. The first-order valence-electron chi connectivity index (χ1n) is 6.86. The highest BCUT2D eigenvalue weighted by molar-refractivity contribution is 9.10. The minimum absolute atomic E-state index is 0.293. The van der Waals surface area contributed by atoms with Crippen molar-refractivity contribution in [2.24, 2.45) is 0 Å². The molecule has 0 spiro atoms. The molecule has 108 valence electrons. The summed E-state index contributed by atoms with van der Waals surface area (Å²) in [4.78, 5) is 0. The Hall–Kier alpha value is -0.580. The zero-order chi connectivity index (χ0) is 14.1. The van der Waals surface area contributed by atoms with Crippen LogP contribution in [0.1, 0.15) is 32.3 Å². The fourth-order valence-electron chi connectivity index (χ4n) is 1.79. The van der Waals surface area contributed by atoms with E-state index in [0.29, 0.717) is 6.10 Å². The second-order valence-electron chi connectivity index (χ2n) is 4.49. The molecular formula is C15H24BrNO2. The van der Waals surface area contributed by atoms with Gasteiger partial charge in [-0.25, -0.2) is 0 Å². The van der Waals surface area contributed by atoms with Gasteiger partial charge < -0.3 is 14.8 Å². The predicted octanol–water partition coefficient (Wildman–Crippen LogP) is 3.75. The summed E-state index contributed by atoms with van der Waals surface area (Å²) >= 11 is 3.58. The van der Waals surface area contributed by atoms with Gasteiger partial charge in [-0.2, -0.15) is 0 Å². The fourth-order valence-corrected chi connectivity index (χ4v) is 2.31. The van der Waals surface area contributed by atoms with Gasteiger partial charge in [-0.15, -0.1) is 0 Å². The fraction of sp³-hybridized carbons (Fsp3) is 0.600. The van der Waals surface area contributed by atoms with E-state index in [2.05, 4.69) is 47.2 Å². The lowest BCUT2D eigenvalue weighted by molar-refractivity contribution is 0.191. The van der Waals surface area contributed by atoms with Crippen LogP contribution in [0.2, 0.25) is 0 Å². The van der Waals surface area contributed by atoms with Gasteiger partial charge in [0.25, 0.3) is 0 Å². The van der Waals surface area contributed by atoms with Gasteiger partial charge in [-0.3, -0.25) is 0 Å². The molecule has 0 radical (unpaired) electrons.